The van der Waals surface area contributed by atoms with Gasteiger partial charge in [0.1, 0.15) is 0 Å². The lowest BCUT2D eigenvalue weighted by atomic mass is 10.0. The molecule has 96 valence electrons. The van der Waals surface area contributed by atoms with Crippen LogP contribution < -0.4 is 5.32 Å². The van der Waals surface area contributed by atoms with Crippen molar-refractivity contribution in [3.63, 3.8) is 0 Å². The first-order chi connectivity index (χ1) is 8.52. The van der Waals surface area contributed by atoms with Gasteiger partial charge in [0.15, 0.2) is 0 Å². The zero-order chi connectivity index (χ0) is 13.2. The van der Waals surface area contributed by atoms with E-state index in [1.54, 1.807) is 7.11 Å². The lowest BCUT2D eigenvalue weighted by Crippen LogP contribution is -2.36. The van der Waals surface area contributed by atoms with Crippen molar-refractivity contribution in [1.29, 1.82) is 0 Å². The summed E-state index contributed by atoms with van der Waals surface area (Å²) < 4.78 is 5.24. The van der Waals surface area contributed by atoms with Crippen LogP contribution in [0.1, 0.15) is 19.5 Å². The van der Waals surface area contributed by atoms with Gasteiger partial charge < -0.3 is 10.1 Å². The molecule has 0 atom stereocenters. The van der Waals surface area contributed by atoms with Crippen molar-refractivity contribution < 1.29 is 4.74 Å². The number of para-hydroxylation sites is 1. The predicted molar refractivity (Wildman–Crippen MR) is 76.1 cm³/mol. The summed E-state index contributed by atoms with van der Waals surface area (Å²) in [5.41, 5.74) is 3.04. The molecule has 1 aromatic carbocycles. The second-order valence-electron chi connectivity index (χ2n) is 5.27. The maximum absolute atomic E-state index is 5.24. The molecule has 0 saturated heterocycles. The minimum absolute atomic E-state index is 0.106. The molecule has 0 aliphatic rings. The number of hydrogen-bond donors (Lipinski definition) is 1. The third-order valence-electron chi connectivity index (χ3n) is 2.82. The minimum atomic E-state index is -0.106. The van der Waals surface area contributed by atoms with Gasteiger partial charge in [0.2, 0.25) is 0 Å². The summed E-state index contributed by atoms with van der Waals surface area (Å²) in [6.45, 7) is 6.92. The van der Waals surface area contributed by atoms with Gasteiger partial charge in [-0.05, 0) is 32.9 Å². The largest absolute Gasteiger partial charge is 0.382 e. The second-order valence-corrected chi connectivity index (χ2v) is 5.27. The number of nitrogens with zero attached hydrogens (tertiary/aromatic N) is 1. The van der Waals surface area contributed by atoms with Crippen molar-refractivity contribution in [2.24, 2.45) is 0 Å². The lowest BCUT2D eigenvalue weighted by molar-refractivity contribution is 0.158. The normalized spacial score (nSPS) is 11.8. The van der Waals surface area contributed by atoms with Gasteiger partial charge in [0, 0.05) is 23.9 Å². The Morgan fingerprint density at radius 3 is 2.72 bits per heavy atom. The molecule has 1 aromatic heterocycles. The van der Waals surface area contributed by atoms with Gasteiger partial charge >= 0.3 is 0 Å². The highest BCUT2D eigenvalue weighted by Crippen LogP contribution is 2.25. The molecular formula is C15H20N2O. The number of pyridine rings is 1. The maximum Gasteiger partial charge on any atom is 0.0725 e. The van der Waals surface area contributed by atoms with Crippen LogP contribution >= 0.6 is 0 Å². The highest BCUT2D eigenvalue weighted by molar-refractivity contribution is 5.91. The van der Waals surface area contributed by atoms with E-state index in [-0.39, 0.29) is 5.54 Å². The Bertz CT molecular complexity index is 549. The van der Waals surface area contributed by atoms with Crippen molar-refractivity contribution in [2.45, 2.75) is 26.3 Å². The van der Waals surface area contributed by atoms with Crippen molar-refractivity contribution in [1.82, 2.24) is 4.98 Å². The molecule has 0 aliphatic heterocycles. The van der Waals surface area contributed by atoms with Crippen LogP contribution in [0.2, 0.25) is 0 Å². The number of anilines is 1. The number of fused-ring (bicyclic) bond motifs is 1. The van der Waals surface area contributed by atoms with E-state index in [1.165, 1.54) is 0 Å². The summed E-state index contributed by atoms with van der Waals surface area (Å²) >= 11 is 0. The summed E-state index contributed by atoms with van der Waals surface area (Å²) in [6, 6.07) is 10.3. The SMILES string of the molecule is COCC(C)(C)Nc1cc(C)nc2ccccc12. The second kappa shape index (κ2) is 4.94. The fourth-order valence-corrected chi connectivity index (χ4v) is 2.17. The summed E-state index contributed by atoms with van der Waals surface area (Å²) in [5, 5.41) is 4.68. The molecule has 0 bridgehead atoms. The Hall–Kier alpha value is -1.61. The van der Waals surface area contributed by atoms with Crippen molar-refractivity contribution in [2.75, 3.05) is 19.0 Å². The topological polar surface area (TPSA) is 34.1 Å². The van der Waals surface area contributed by atoms with Gasteiger partial charge in [-0.15, -0.1) is 0 Å². The molecule has 3 nitrogen and oxygen atoms in total. The van der Waals surface area contributed by atoms with E-state index in [0.717, 1.165) is 22.3 Å². The first-order valence-corrected chi connectivity index (χ1v) is 6.15. The molecule has 2 rings (SSSR count). The third-order valence-corrected chi connectivity index (χ3v) is 2.82. The van der Waals surface area contributed by atoms with Gasteiger partial charge in [-0.2, -0.15) is 0 Å². The van der Waals surface area contributed by atoms with Gasteiger partial charge in [-0.1, -0.05) is 18.2 Å². The third kappa shape index (κ3) is 2.79. The van der Waals surface area contributed by atoms with Crippen LogP contribution in [0.25, 0.3) is 10.9 Å². The first kappa shape index (κ1) is 12.8. The molecule has 0 saturated carbocycles. The molecule has 0 amide bonds. The molecule has 18 heavy (non-hydrogen) atoms. The van der Waals surface area contributed by atoms with E-state index < -0.39 is 0 Å². The Kier molecular flexibility index (Phi) is 3.53. The van der Waals surface area contributed by atoms with E-state index in [1.807, 2.05) is 25.1 Å². The summed E-state index contributed by atoms with van der Waals surface area (Å²) in [5.74, 6) is 0. The molecule has 0 radical (unpaired) electrons. The van der Waals surface area contributed by atoms with Crippen LogP contribution in [0.3, 0.4) is 0 Å². The van der Waals surface area contributed by atoms with Crippen LogP contribution in [0, 0.1) is 6.92 Å². The molecule has 3 heteroatoms. The van der Waals surface area contributed by atoms with Crippen molar-refractivity contribution in [3.05, 3.63) is 36.0 Å². The summed E-state index contributed by atoms with van der Waals surface area (Å²) in [7, 11) is 1.72. The quantitative estimate of drug-likeness (QED) is 0.895. The first-order valence-electron chi connectivity index (χ1n) is 6.15. The van der Waals surface area contributed by atoms with Gasteiger partial charge in [-0.3, -0.25) is 4.98 Å². The monoisotopic (exact) mass is 244 g/mol. The van der Waals surface area contributed by atoms with Crippen LogP contribution in [0.4, 0.5) is 5.69 Å². The minimum Gasteiger partial charge on any atom is -0.382 e. The number of hydrogen-bond acceptors (Lipinski definition) is 3. The van der Waals surface area contributed by atoms with E-state index in [2.05, 4.69) is 36.3 Å². The Balaban J connectivity index is 2.44. The zero-order valence-corrected chi connectivity index (χ0v) is 11.4. The molecule has 0 spiro atoms. The predicted octanol–water partition coefficient (Wildman–Crippen LogP) is 3.38. The van der Waals surface area contributed by atoms with Crippen LogP contribution in [0.15, 0.2) is 30.3 Å². The molecular weight excluding hydrogens is 224 g/mol. The van der Waals surface area contributed by atoms with Crippen LogP contribution in [-0.4, -0.2) is 24.2 Å². The highest BCUT2D eigenvalue weighted by Gasteiger charge is 2.18. The molecule has 1 N–H and O–H groups in total. The van der Waals surface area contributed by atoms with E-state index >= 15 is 0 Å². The Morgan fingerprint density at radius 2 is 2.00 bits per heavy atom. The van der Waals surface area contributed by atoms with Crippen LogP contribution in [-0.2, 0) is 4.74 Å². The molecule has 1 heterocycles. The van der Waals surface area contributed by atoms with E-state index in [9.17, 15) is 0 Å². The van der Waals surface area contributed by atoms with Crippen molar-refractivity contribution >= 4 is 16.6 Å². The Labute approximate surface area is 108 Å². The molecule has 0 fully saturated rings. The number of rotatable bonds is 4. The molecule has 2 aromatic rings. The highest BCUT2D eigenvalue weighted by atomic mass is 16.5. The molecule has 0 unspecified atom stereocenters. The average molecular weight is 244 g/mol. The smallest absolute Gasteiger partial charge is 0.0725 e. The standard InChI is InChI=1S/C15H20N2O/c1-11-9-14(17-15(2,3)10-18-4)12-7-5-6-8-13(12)16-11/h5-9H,10H2,1-4H3,(H,16,17). The summed E-state index contributed by atoms with van der Waals surface area (Å²) in [6.07, 6.45) is 0. The van der Waals surface area contributed by atoms with E-state index in [4.69, 9.17) is 4.74 Å². The fraction of sp³-hybridized carbons (Fsp3) is 0.400. The number of ether oxygens (including phenoxy) is 1. The lowest BCUT2D eigenvalue weighted by Gasteiger charge is -2.27. The number of aryl methyl sites for hydroxylation is 1. The van der Waals surface area contributed by atoms with Gasteiger partial charge in [0.05, 0.1) is 17.7 Å². The van der Waals surface area contributed by atoms with Gasteiger partial charge in [-0.25, -0.2) is 0 Å². The van der Waals surface area contributed by atoms with Gasteiger partial charge in [0.25, 0.3) is 0 Å². The van der Waals surface area contributed by atoms with E-state index in [0.29, 0.717) is 6.61 Å². The van der Waals surface area contributed by atoms with Crippen molar-refractivity contribution in [3.8, 4) is 0 Å². The molecule has 0 aliphatic carbocycles. The summed E-state index contributed by atoms with van der Waals surface area (Å²) in [4.78, 5) is 4.54. The fourth-order valence-electron chi connectivity index (χ4n) is 2.17. The maximum atomic E-state index is 5.24. The number of methoxy groups -OCH3 is 1. The number of benzene rings is 1. The zero-order valence-electron chi connectivity index (χ0n) is 11.4. The number of nitrogens with one attached hydrogen (secondary N) is 1. The van der Waals surface area contributed by atoms with Crippen LogP contribution in [0.5, 0.6) is 0 Å². The Morgan fingerprint density at radius 1 is 1.28 bits per heavy atom. The number of aromatic nitrogens is 1. The average Bonchev–Trinajstić information content (AvgIpc) is 2.28.